The number of rotatable bonds is 8. The van der Waals surface area contributed by atoms with E-state index in [2.05, 4.69) is 10.6 Å². The molecule has 6 N–H and O–H groups in total. The van der Waals surface area contributed by atoms with Gasteiger partial charge in [0.2, 0.25) is 5.91 Å². The summed E-state index contributed by atoms with van der Waals surface area (Å²) in [6.45, 7) is 0.573. The number of nitrogens with one attached hydrogen (secondary N) is 2. The maximum absolute atomic E-state index is 13.9. The summed E-state index contributed by atoms with van der Waals surface area (Å²) < 4.78 is 27.8. The molecule has 3 rings (SSSR count). The van der Waals surface area contributed by atoms with Crippen molar-refractivity contribution in [2.24, 2.45) is 11.5 Å². The number of carbonyl (C=O) groups is 2. The smallest absolute Gasteiger partial charge is 0.312 e. The lowest BCUT2D eigenvalue weighted by molar-refractivity contribution is -0.132. The Kier molecular flexibility index (Phi) is 7.41. The number of hydrogen-bond donors (Lipinski definition) is 4. The first-order chi connectivity index (χ1) is 14.8. The Morgan fingerprint density at radius 2 is 1.77 bits per heavy atom. The van der Waals surface area contributed by atoms with Crippen molar-refractivity contribution in [1.29, 1.82) is 0 Å². The SMILES string of the molecule is NC(=O)N[C@H]1C[C@@H](CNc2ccccc2F)N(C(=O)C[C@H](N)Cc2ccccc2F)C1. The normalized spacial score (nSPS) is 19.1. The molecule has 0 aromatic heterocycles. The van der Waals surface area contributed by atoms with Crippen LogP contribution in [0.3, 0.4) is 0 Å². The Morgan fingerprint density at radius 1 is 1.10 bits per heavy atom. The lowest BCUT2D eigenvalue weighted by atomic mass is 10.0. The second-order valence-electron chi connectivity index (χ2n) is 7.76. The van der Waals surface area contributed by atoms with Crippen LogP contribution >= 0.6 is 0 Å². The van der Waals surface area contributed by atoms with E-state index in [4.69, 9.17) is 11.5 Å². The Bertz CT molecular complexity index is 926. The van der Waals surface area contributed by atoms with Crippen molar-refractivity contribution >= 4 is 17.6 Å². The number of carbonyl (C=O) groups excluding carboxylic acids is 2. The van der Waals surface area contributed by atoms with Crippen molar-refractivity contribution in [3.63, 3.8) is 0 Å². The van der Waals surface area contributed by atoms with E-state index in [-0.39, 0.29) is 43.2 Å². The number of anilines is 1. The van der Waals surface area contributed by atoms with Gasteiger partial charge in [-0.25, -0.2) is 13.6 Å². The summed E-state index contributed by atoms with van der Waals surface area (Å²) in [5.41, 5.74) is 12.1. The van der Waals surface area contributed by atoms with Gasteiger partial charge >= 0.3 is 6.03 Å². The molecule has 0 bridgehead atoms. The van der Waals surface area contributed by atoms with Crippen LogP contribution in [0, 0.1) is 11.6 Å². The molecule has 3 atom stereocenters. The predicted molar refractivity (Wildman–Crippen MR) is 114 cm³/mol. The van der Waals surface area contributed by atoms with Crippen molar-refractivity contribution in [3.05, 3.63) is 65.7 Å². The lowest BCUT2D eigenvalue weighted by Gasteiger charge is -2.26. The number of hydrogen-bond acceptors (Lipinski definition) is 4. The molecule has 3 amide bonds. The Morgan fingerprint density at radius 3 is 2.45 bits per heavy atom. The van der Waals surface area contributed by atoms with Gasteiger partial charge in [0.15, 0.2) is 0 Å². The highest BCUT2D eigenvalue weighted by atomic mass is 19.1. The van der Waals surface area contributed by atoms with Crippen molar-refractivity contribution in [3.8, 4) is 0 Å². The highest BCUT2D eigenvalue weighted by Crippen LogP contribution is 2.22. The van der Waals surface area contributed by atoms with Crippen LogP contribution in [-0.2, 0) is 11.2 Å². The minimum Gasteiger partial charge on any atom is -0.381 e. The van der Waals surface area contributed by atoms with E-state index in [0.29, 0.717) is 24.2 Å². The molecule has 7 nitrogen and oxygen atoms in total. The molecular weight excluding hydrogens is 404 g/mol. The highest BCUT2D eigenvalue weighted by Gasteiger charge is 2.36. The number of urea groups is 1. The van der Waals surface area contributed by atoms with E-state index in [1.54, 1.807) is 41.3 Å². The van der Waals surface area contributed by atoms with Crippen LogP contribution in [-0.4, -0.2) is 48.1 Å². The number of amides is 3. The largest absolute Gasteiger partial charge is 0.381 e. The van der Waals surface area contributed by atoms with E-state index in [1.165, 1.54) is 12.1 Å². The van der Waals surface area contributed by atoms with E-state index in [9.17, 15) is 18.4 Å². The number of nitrogens with two attached hydrogens (primary N) is 2. The first-order valence-electron chi connectivity index (χ1n) is 10.2. The van der Waals surface area contributed by atoms with E-state index < -0.39 is 17.9 Å². The highest BCUT2D eigenvalue weighted by molar-refractivity contribution is 5.78. The molecular formula is C22H27F2N5O2. The molecule has 2 aromatic rings. The molecule has 2 aromatic carbocycles. The zero-order valence-electron chi connectivity index (χ0n) is 17.1. The molecule has 1 heterocycles. The van der Waals surface area contributed by atoms with Gasteiger partial charge in [0.1, 0.15) is 11.6 Å². The van der Waals surface area contributed by atoms with Crippen LogP contribution < -0.4 is 22.1 Å². The Labute approximate surface area is 179 Å². The Hall–Kier alpha value is -3.20. The standard InChI is InChI=1S/C22H27F2N5O2/c23-18-6-2-1-5-14(18)9-15(25)10-21(30)29-13-16(28-22(26)31)11-17(29)12-27-20-8-4-3-7-19(20)24/h1-8,15-17,27H,9-13,25H2,(H3,26,28,31)/t15-,16+,17+/m1/s1. The lowest BCUT2D eigenvalue weighted by Crippen LogP contribution is -2.44. The van der Waals surface area contributed by atoms with Crippen LogP contribution in [0.5, 0.6) is 0 Å². The number of halogens is 2. The number of para-hydroxylation sites is 1. The predicted octanol–water partition coefficient (Wildman–Crippen LogP) is 1.97. The fourth-order valence-corrected chi connectivity index (χ4v) is 3.91. The second kappa shape index (κ2) is 10.2. The van der Waals surface area contributed by atoms with E-state index in [0.717, 1.165) is 0 Å². The second-order valence-corrected chi connectivity index (χ2v) is 7.76. The molecule has 1 saturated heterocycles. The van der Waals surface area contributed by atoms with Crippen molar-refractivity contribution in [2.75, 3.05) is 18.4 Å². The summed E-state index contributed by atoms with van der Waals surface area (Å²) in [4.78, 5) is 25.8. The number of benzene rings is 2. The minimum atomic E-state index is -0.670. The van der Waals surface area contributed by atoms with Gasteiger partial charge in [-0.15, -0.1) is 0 Å². The molecule has 0 radical (unpaired) electrons. The molecule has 1 fully saturated rings. The summed E-state index contributed by atoms with van der Waals surface area (Å²) in [5.74, 6) is -0.959. The first kappa shape index (κ1) is 22.5. The molecule has 166 valence electrons. The van der Waals surface area contributed by atoms with Crippen molar-refractivity contribution < 1.29 is 18.4 Å². The number of primary amides is 1. The molecule has 9 heteroatoms. The van der Waals surface area contributed by atoms with Gasteiger partial charge in [-0.05, 0) is 36.6 Å². The van der Waals surface area contributed by atoms with Gasteiger partial charge in [0.25, 0.3) is 0 Å². The molecule has 31 heavy (non-hydrogen) atoms. The van der Waals surface area contributed by atoms with Gasteiger partial charge in [0, 0.05) is 25.6 Å². The topological polar surface area (TPSA) is 113 Å². The van der Waals surface area contributed by atoms with Gasteiger partial charge < -0.3 is 27.0 Å². The van der Waals surface area contributed by atoms with E-state index >= 15 is 0 Å². The van der Waals surface area contributed by atoms with Gasteiger partial charge in [-0.3, -0.25) is 4.79 Å². The number of nitrogens with zero attached hydrogens (tertiary/aromatic N) is 1. The zero-order valence-corrected chi connectivity index (χ0v) is 17.1. The van der Waals surface area contributed by atoms with Crippen LogP contribution in [0.15, 0.2) is 48.5 Å². The van der Waals surface area contributed by atoms with Crippen LogP contribution in [0.4, 0.5) is 19.3 Å². The van der Waals surface area contributed by atoms with E-state index in [1.807, 2.05) is 0 Å². The molecule has 1 aliphatic heterocycles. The van der Waals surface area contributed by atoms with Crippen molar-refractivity contribution in [1.82, 2.24) is 10.2 Å². The van der Waals surface area contributed by atoms with Crippen LogP contribution in [0.25, 0.3) is 0 Å². The summed E-state index contributed by atoms with van der Waals surface area (Å²) in [5, 5.41) is 5.65. The average molecular weight is 431 g/mol. The number of likely N-dealkylation sites (tertiary alicyclic amines) is 1. The fraction of sp³-hybridized carbons (Fsp3) is 0.364. The van der Waals surface area contributed by atoms with Crippen LogP contribution in [0.1, 0.15) is 18.4 Å². The third kappa shape index (κ3) is 6.14. The summed E-state index contributed by atoms with van der Waals surface area (Å²) in [7, 11) is 0. The average Bonchev–Trinajstić information content (AvgIpc) is 3.11. The summed E-state index contributed by atoms with van der Waals surface area (Å²) in [6.07, 6.45) is 0.722. The molecule has 0 unspecified atom stereocenters. The zero-order chi connectivity index (χ0) is 22.4. The van der Waals surface area contributed by atoms with Crippen LogP contribution in [0.2, 0.25) is 0 Å². The molecule has 0 saturated carbocycles. The third-order valence-electron chi connectivity index (χ3n) is 5.36. The quantitative estimate of drug-likeness (QED) is 0.512. The maximum Gasteiger partial charge on any atom is 0.312 e. The maximum atomic E-state index is 13.9. The summed E-state index contributed by atoms with van der Waals surface area (Å²) >= 11 is 0. The first-order valence-corrected chi connectivity index (χ1v) is 10.2. The van der Waals surface area contributed by atoms with Gasteiger partial charge in [0.05, 0.1) is 17.8 Å². The minimum absolute atomic E-state index is 0.0217. The van der Waals surface area contributed by atoms with Crippen molar-refractivity contribution in [2.45, 2.75) is 37.4 Å². The summed E-state index contributed by atoms with van der Waals surface area (Å²) in [6, 6.07) is 10.7. The molecule has 0 spiro atoms. The van der Waals surface area contributed by atoms with Gasteiger partial charge in [-0.1, -0.05) is 30.3 Å². The Balaban J connectivity index is 1.64. The van der Waals surface area contributed by atoms with Gasteiger partial charge in [-0.2, -0.15) is 0 Å². The fourth-order valence-electron chi connectivity index (χ4n) is 3.91. The molecule has 1 aliphatic rings. The molecule has 0 aliphatic carbocycles. The third-order valence-corrected chi connectivity index (χ3v) is 5.36. The monoisotopic (exact) mass is 431 g/mol.